The van der Waals surface area contributed by atoms with Crippen molar-refractivity contribution in [1.82, 2.24) is 9.97 Å². The van der Waals surface area contributed by atoms with E-state index < -0.39 is 0 Å². The summed E-state index contributed by atoms with van der Waals surface area (Å²) in [6, 6.07) is 48.3. The first-order chi connectivity index (χ1) is 20.3. The van der Waals surface area contributed by atoms with Crippen LogP contribution in [0.25, 0.3) is 54.3 Å². The number of benzene rings is 5. The number of fused-ring (bicyclic) bond motifs is 12. The van der Waals surface area contributed by atoms with Crippen LogP contribution >= 0.6 is 11.3 Å². The third kappa shape index (κ3) is 3.77. The van der Waals surface area contributed by atoms with Gasteiger partial charge in [0.2, 0.25) is 0 Å². The number of hydrogen-bond acceptors (Lipinski definition) is 4. The molecule has 0 atom stereocenters. The molecular formula is C36H20BN3PdS. The average molecular weight is 644 g/mol. The molecule has 9 rings (SSSR count). The van der Waals surface area contributed by atoms with Gasteiger partial charge in [-0.1, -0.05) is 60.7 Å². The molecule has 0 saturated carbocycles. The minimum Gasteiger partial charge on any atom is -0.380 e. The standard InChI is InChI=1S/C36H20BN3S.Pd/c1-4-13-33-27(9-1)25-18-16-23(31-11-7-8-20-38-31)21-29(25)37-30-22-24(36-39-32-12-3-6-15-35(32)41-36)17-19-26(30)28-10-2-5-14-34(28)40(33)37;/h1-20H;/q-2;+2. The summed E-state index contributed by atoms with van der Waals surface area (Å²) in [5, 5.41) is 0.988. The molecule has 7 aromatic rings. The molecule has 0 fully saturated rings. The van der Waals surface area contributed by atoms with E-state index in [1.54, 1.807) is 11.3 Å². The van der Waals surface area contributed by atoms with Crippen molar-refractivity contribution in [3.05, 3.63) is 134 Å². The van der Waals surface area contributed by atoms with Crippen molar-refractivity contribution in [2.75, 3.05) is 4.81 Å². The molecule has 0 bridgehead atoms. The summed E-state index contributed by atoms with van der Waals surface area (Å²) in [5.74, 6) is 0. The van der Waals surface area contributed by atoms with Gasteiger partial charge in [0.25, 0.3) is 6.85 Å². The number of anilines is 2. The maximum absolute atomic E-state index is 4.97. The van der Waals surface area contributed by atoms with E-state index in [4.69, 9.17) is 4.98 Å². The number of nitrogens with zero attached hydrogens (tertiary/aromatic N) is 3. The molecule has 0 amide bonds. The smallest absolute Gasteiger partial charge is 0.380 e. The summed E-state index contributed by atoms with van der Waals surface area (Å²) in [5.41, 5.74) is 13.5. The fourth-order valence-electron chi connectivity index (χ4n) is 6.34. The molecule has 2 aliphatic rings. The van der Waals surface area contributed by atoms with Crippen molar-refractivity contribution in [1.29, 1.82) is 0 Å². The predicted molar refractivity (Wildman–Crippen MR) is 170 cm³/mol. The van der Waals surface area contributed by atoms with Crippen molar-refractivity contribution in [2.24, 2.45) is 0 Å². The normalized spacial score (nSPS) is 12.5. The summed E-state index contributed by atoms with van der Waals surface area (Å²) >= 11 is 1.72. The maximum Gasteiger partial charge on any atom is 2.00 e. The monoisotopic (exact) mass is 643 g/mol. The third-order valence-corrected chi connectivity index (χ3v) is 9.20. The molecule has 0 unspecified atom stereocenters. The first-order valence-electron chi connectivity index (χ1n) is 13.7. The van der Waals surface area contributed by atoms with Gasteiger partial charge < -0.3 is 9.79 Å². The number of rotatable bonds is 2. The van der Waals surface area contributed by atoms with Gasteiger partial charge >= 0.3 is 20.4 Å². The Kier molecular flexibility index (Phi) is 5.98. The number of hydrogen-bond donors (Lipinski definition) is 0. The molecule has 5 aromatic carbocycles. The fraction of sp³-hybridized carbons (Fsp3) is 0. The van der Waals surface area contributed by atoms with Crippen LogP contribution in [0, 0.1) is 12.1 Å². The Hall–Kier alpha value is -4.33. The second-order valence-electron chi connectivity index (χ2n) is 10.4. The molecule has 3 nitrogen and oxygen atoms in total. The van der Waals surface area contributed by atoms with Gasteiger partial charge in [-0.3, -0.25) is 4.98 Å². The summed E-state index contributed by atoms with van der Waals surface area (Å²) in [6.45, 7) is -0.0946. The van der Waals surface area contributed by atoms with Crippen LogP contribution in [-0.2, 0) is 20.4 Å². The molecule has 6 heteroatoms. The van der Waals surface area contributed by atoms with Crippen LogP contribution < -0.4 is 15.7 Å². The summed E-state index contributed by atoms with van der Waals surface area (Å²) in [6.07, 6.45) is 1.84. The quantitative estimate of drug-likeness (QED) is 0.144. The summed E-state index contributed by atoms with van der Waals surface area (Å²) in [4.78, 5) is 12.1. The van der Waals surface area contributed by atoms with Crippen molar-refractivity contribution >= 4 is 50.7 Å². The van der Waals surface area contributed by atoms with Crippen LogP contribution in [0.5, 0.6) is 0 Å². The van der Waals surface area contributed by atoms with Crippen LogP contribution in [0.1, 0.15) is 0 Å². The van der Waals surface area contributed by atoms with Crippen molar-refractivity contribution in [2.45, 2.75) is 0 Å². The first-order valence-corrected chi connectivity index (χ1v) is 14.5. The van der Waals surface area contributed by atoms with Crippen LogP contribution in [-0.4, -0.2) is 16.8 Å². The second-order valence-corrected chi connectivity index (χ2v) is 11.4. The number of para-hydroxylation sites is 3. The van der Waals surface area contributed by atoms with Crippen LogP contribution in [0.2, 0.25) is 0 Å². The third-order valence-electron chi connectivity index (χ3n) is 8.13. The van der Waals surface area contributed by atoms with E-state index in [0.29, 0.717) is 0 Å². The molecule has 2 aromatic heterocycles. The van der Waals surface area contributed by atoms with E-state index in [2.05, 4.69) is 113 Å². The number of pyridine rings is 1. The zero-order chi connectivity index (χ0) is 26.9. The van der Waals surface area contributed by atoms with E-state index in [-0.39, 0.29) is 27.3 Å². The van der Waals surface area contributed by atoms with Gasteiger partial charge in [-0.25, -0.2) is 0 Å². The Balaban J connectivity index is 0.00000267. The van der Waals surface area contributed by atoms with Crippen LogP contribution in [0.4, 0.5) is 11.4 Å². The number of thiazole rings is 1. The fourth-order valence-corrected chi connectivity index (χ4v) is 7.29. The molecule has 0 aliphatic carbocycles. The van der Waals surface area contributed by atoms with Gasteiger partial charge in [0.05, 0.1) is 5.52 Å². The van der Waals surface area contributed by atoms with Crippen molar-refractivity contribution in [3.8, 4) is 44.1 Å². The Morgan fingerprint density at radius 3 is 1.90 bits per heavy atom. The molecule has 0 spiro atoms. The molecule has 0 saturated heterocycles. The predicted octanol–water partition coefficient (Wildman–Crippen LogP) is 7.53. The van der Waals surface area contributed by atoms with E-state index >= 15 is 0 Å². The largest absolute Gasteiger partial charge is 2.00 e. The minimum atomic E-state index is -0.0946. The molecule has 42 heavy (non-hydrogen) atoms. The molecule has 0 radical (unpaired) electrons. The van der Waals surface area contributed by atoms with E-state index in [1.807, 2.05) is 30.5 Å². The van der Waals surface area contributed by atoms with Gasteiger partial charge in [0.1, 0.15) is 0 Å². The number of aromatic nitrogens is 2. The van der Waals surface area contributed by atoms with E-state index in [0.717, 1.165) is 38.3 Å². The van der Waals surface area contributed by atoms with E-state index in [9.17, 15) is 0 Å². The Bertz CT molecular complexity index is 2110. The minimum absolute atomic E-state index is 0. The zero-order valence-electron chi connectivity index (χ0n) is 22.2. The van der Waals surface area contributed by atoms with E-state index in [1.165, 1.54) is 38.3 Å². The van der Waals surface area contributed by atoms with Crippen molar-refractivity contribution in [3.63, 3.8) is 0 Å². The maximum atomic E-state index is 4.97. The summed E-state index contributed by atoms with van der Waals surface area (Å²) in [7, 11) is 0. The molecule has 2 aliphatic heterocycles. The Morgan fingerprint density at radius 2 is 1.21 bits per heavy atom. The van der Waals surface area contributed by atoms with Gasteiger partial charge in [0, 0.05) is 27.3 Å². The average Bonchev–Trinajstić information content (AvgIpc) is 3.49. The molecule has 4 heterocycles. The van der Waals surface area contributed by atoms with Gasteiger partial charge in [-0.2, -0.15) is 11.3 Å². The Morgan fingerprint density at radius 1 is 0.595 bits per heavy atom. The SMILES string of the molecule is [Pd+2].[c-]1c(-c2ccccn2)ccc2c1B1c3[c-]c(-c4nc5ccccc5s4)ccc3-c3ccccc3N1c1ccccc1-2. The Labute approximate surface area is 262 Å². The van der Waals surface area contributed by atoms with Crippen molar-refractivity contribution < 1.29 is 20.4 Å². The summed E-state index contributed by atoms with van der Waals surface area (Å²) < 4.78 is 1.19. The zero-order valence-corrected chi connectivity index (χ0v) is 24.6. The van der Waals surface area contributed by atoms with Crippen LogP contribution in [0.3, 0.4) is 0 Å². The first kappa shape index (κ1) is 25.4. The van der Waals surface area contributed by atoms with Gasteiger partial charge in [0.15, 0.2) is 0 Å². The topological polar surface area (TPSA) is 29.0 Å². The molecule has 0 N–H and O–H groups in total. The molecule has 198 valence electrons. The van der Waals surface area contributed by atoms with Gasteiger partial charge in [-0.15, -0.1) is 69.6 Å². The van der Waals surface area contributed by atoms with Crippen LogP contribution in [0.15, 0.2) is 121 Å². The molecular weight excluding hydrogens is 624 g/mol. The van der Waals surface area contributed by atoms with Gasteiger partial charge in [-0.05, 0) is 47.2 Å². The second kappa shape index (κ2) is 9.89.